The van der Waals surface area contributed by atoms with E-state index in [0.717, 1.165) is 36.7 Å². The van der Waals surface area contributed by atoms with Crippen LogP contribution in [0.25, 0.3) is 0 Å². The van der Waals surface area contributed by atoms with Crippen molar-refractivity contribution in [1.82, 2.24) is 0 Å². The largest absolute Gasteiger partial charge is 0.490 e. The normalized spacial score (nSPS) is 31.8. The van der Waals surface area contributed by atoms with E-state index in [0.29, 0.717) is 12.5 Å². The number of hydrogen-bond donors (Lipinski definition) is 0. The van der Waals surface area contributed by atoms with Gasteiger partial charge in [0.1, 0.15) is 0 Å². The van der Waals surface area contributed by atoms with Crippen LogP contribution in [-0.2, 0) is 0 Å². The molecule has 1 aromatic rings. The summed E-state index contributed by atoms with van der Waals surface area (Å²) in [5.74, 6) is 1.55. The second kappa shape index (κ2) is 7.63. The summed E-state index contributed by atoms with van der Waals surface area (Å²) in [5, 5.41) is 0. The van der Waals surface area contributed by atoms with Gasteiger partial charge in [0.05, 0.1) is 6.61 Å². The Bertz CT molecular complexity index is 500. The zero-order valence-electron chi connectivity index (χ0n) is 14.1. The highest BCUT2D eigenvalue weighted by atomic mass is 19.2. The standard InChI is InChI=1S/C20H28F2O/c1-14-5-9-16(10-6-14)17-11-7-15(8-12-17)13-23-19-4-2-3-18(21)20(19)22/h2-4,14-17H,5-13H2,1H3. The summed E-state index contributed by atoms with van der Waals surface area (Å²) in [6.45, 7) is 2.88. The molecule has 0 unspecified atom stereocenters. The average Bonchev–Trinajstić information content (AvgIpc) is 2.57. The quantitative estimate of drug-likeness (QED) is 0.663. The number of hydrogen-bond acceptors (Lipinski definition) is 1. The van der Waals surface area contributed by atoms with Gasteiger partial charge in [-0.05, 0) is 74.3 Å². The third-order valence-corrected chi connectivity index (χ3v) is 6.01. The van der Waals surface area contributed by atoms with Gasteiger partial charge in [-0.15, -0.1) is 0 Å². The number of rotatable bonds is 4. The summed E-state index contributed by atoms with van der Waals surface area (Å²) in [6.07, 6.45) is 10.5. The maximum Gasteiger partial charge on any atom is 0.200 e. The molecule has 2 saturated carbocycles. The molecule has 2 aliphatic carbocycles. The van der Waals surface area contributed by atoms with E-state index in [2.05, 4.69) is 6.92 Å². The lowest BCUT2D eigenvalue weighted by molar-refractivity contribution is 0.124. The molecule has 2 aliphatic rings. The van der Waals surface area contributed by atoms with Crippen LogP contribution in [0.4, 0.5) is 8.78 Å². The minimum Gasteiger partial charge on any atom is -0.490 e. The van der Waals surface area contributed by atoms with Crippen LogP contribution in [-0.4, -0.2) is 6.61 Å². The van der Waals surface area contributed by atoms with Gasteiger partial charge in [-0.1, -0.05) is 25.8 Å². The third kappa shape index (κ3) is 4.24. The van der Waals surface area contributed by atoms with Crippen LogP contribution < -0.4 is 4.74 Å². The van der Waals surface area contributed by atoms with E-state index in [1.54, 1.807) is 0 Å². The van der Waals surface area contributed by atoms with Crippen LogP contribution in [0.5, 0.6) is 5.75 Å². The molecule has 0 saturated heterocycles. The zero-order chi connectivity index (χ0) is 16.2. The van der Waals surface area contributed by atoms with Gasteiger partial charge >= 0.3 is 0 Å². The first-order chi connectivity index (χ1) is 11.1. The Labute approximate surface area is 138 Å². The lowest BCUT2D eigenvalue weighted by Gasteiger charge is -2.37. The molecule has 1 nitrogen and oxygen atoms in total. The van der Waals surface area contributed by atoms with Crippen molar-refractivity contribution < 1.29 is 13.5 Å². The van der Waals surface area contributed by atoms with E-state index in [1.165, 1.54) is 50.7 Å². The van der Waals surface area contributed by atoms with Gasteiger partial charge in [0.25, 0.3) is 0 Å². The van der Waals surface area contributed by atoms with Gasteiger partial charge in [0, 0.05) is 0 Å². The molecule has 2 fully saturated rings. The van der Waals surface area contributed by atoms with Crippen molar-refractivity contribution in [1.29, 1.82) is 0 Å². The molecule has 0 radical (unpaired) electrons. The van der Waals surface area contributed by atoms with Crippen molar-refractivity contribution in [3.05, 3.63) is 29.8 Å². The Hall–Kier alpha value is -1.12. The Morgan fingerprint density at radius 3 is 2.17 bits per heavy atom. The van der Waals surface area contributed by atoms with Crippen molar-refractivity contribution in [2.24, 2.45) is 23.7 Å². The van der Waals surface area contributed by atoms with Crippen LogP contribution >= 0.6 is 0 Å². The minimum atomic E-state index is -0.863. The monoisotopic (exact) mass is 322 g/mol. The minimum absolute atomic E-state index is 0.0494. The van der Waals surface area contributed by atoms with Crippen LogP contribution in [0.1, 0.15) is 58.3 Å². The summed E-state index contributed by atoms with van der Waals surface area (Å²) >= 11 is 0. The van der Waals surface area contributed by atoms with Crippen LogP contribution in [0.15, 0.2) is 18.2 Å². The maximum atomic E-state index is 13.6. The summed E-state index contributed by atoms with van der Waals surface area (Å²) in [4.78, 5) is 0. The Morgan fingerprint density at radius 1 is 0.913 bits per heavy atom. The van der Waals surface area contributed by atoms with Gasteiger partial charge in [0.2, 0.25) is 5.82 Å². The Balaban J connectivity index is 1.43. The van der Waals surface area contributed by atoms with Crippen molar-refractivity contribution in [2.75, 3.05) is 6.61 Å². The molecule has 1 aromatic carbocycles. The van der Waals surface area contributed by atoms with Crippen molar-refractivity contribution >= 4 is 0 Å². The average molecular weight is 322 g/mol. The molecule has 0 aliphatic heterocycles. The summed E-state index contributed by atoms with van der Waals surface area (Å²) < 4.78 is 32.3. The number of benzene rings is 1. The molecule has 0 amide bonds. The fourth-order valence-electron chi connectivity index (χ4n) is 4.39. The van der Waals surface area contributed by atoms with E-state index in [4.69, 9.17) is 4.74 Å². The SMILES string of the molecule is CC1CCC(C2CCC(COc3cccc(F)c3F)CC2)CC1. The molecule has 0 atom stereocenters. The predicted octanol–water partition coefficient (Wildman–Crippen LogP) is 5.98. The molecule has 0 bridgehead atoms. The molecule has 0 heterocycles. The van der Waals surface area contributed by atoms with E-state index >= 15 is 0 Å². The summed E-state index contributed by atoms with van der Waals surface area (Å²) in [5.41, 5.74) is 0. The van der Waals surface area contributed by atoms with Gasteiger partial charge in [0.15, 0.2) is 11.6 Å². The van der Waals surface area contributed by atoms with E-state index in [1.807, 2.05) is 0 Å². The molecule has 0 N–H and O–H groups in total. The van der Waals surface area contributed by atoms with Crippen molar-refractivity contribution in [2.45, 2.75) is 58.3 Å². The smallest absolute Gasteiger partial charge is 0.200 e. The Morgan fingerprint density at radius 2 is 1.52 bits per heavy atom. The van der Waals surface area contributed by atoms with Gasteiger partial charge in [-0.3, -0.25) is 0 Å². The summed E-state index contributed by atoms with van der Waals surface area (Å²) in [7, 11) is 0. The Kier molecular flexibility index (Phi) is 5.55. The maximum absolute atomic E-state index is 13.6. The van der Waals surface area contributed by atoms with Crippen LogP contribution in [0.3, 0.4) is 0 Å². The fraction of sp³-hybridized carbons (Fsp3) is 0.700. The lowest BCUT2D eigenvalue weighted by atomic mass is 9.69. The first-order valence-corrected chi connectivity index (χ1v) is 9.20. The second-order valence-electron chi connectivity index (χ2n) is 7.66. The van der Waals surface area contributed by atoms with E-state index in [9.17, 15) is 8.78 Å². The first-order valence-electron chi connectivity index (χ1n) is 9.20. The van der Waals surface area contributed by atoms with Crippen LogP contribution in [0.2, 0.25) is 0 Å². The second-order valence-corrected chi connectivity index (χ2v) is 7.66. The highest BCUT2D eigenvalue weighted by Gasteiger charge is 2.30. The molecule has 23 heavy (non-hydrogen) atoms. The van der Waals surface area contributed by atoms with Gasteiger partial charge in [-0.25, -0.2) is 4.39 Å². The highest BCUT2D eigenvalue weighted by Crippen LogP contribution is 2.41. The van der Waals surface area contributed by atoms with Gasteiger partial charge < -0.3 is 4.74 Å². The van der Waals surface area contributed by atoms with Crippen molar-refractivity contribution in [3.8, 4) is 5.75 Å². The molecular formula is C20H28F2O. The number of halogens is 2. The predicted molar refractivity (Wildman–Crippen MR) is 88.4 cm³/mol. The third-order valence-electron chi connectivity index (χ3n) is 6.01. The number of ether oxygens (including phenoxy) is 1. The topological polar surface area (TPSA) is 9.23 Å². The van der Waals surface area contributed by atoms with Crippen molar-refractivity contribution in [3.63, 3.8) is 0 Å². The first kappa shape index (κ1) is 16.7. The molecule has 128 valence electrons. The zero-order valence-corrected chi connectivity index (χ0v) is 14.1. The van der Waals surface area contributed by atoms with E-state index < -0.39 is 11.6 Å². The van der Waals surface area contributed by atoms with Crippen LogP contribution in [0, 0.1) is 35.3 Å². The molecular weight excluding hydrogens is 294 g/mol. The molecule has 3 rings (SSSR count). The summed E-state index contributed by atoms with van der Waals surface area (Å²) in [6, 6.07) is 4.13. The van der Waals surface area contributed by atoms with E-state index in [-0.39, 0.29) is 5.75 Å². The fourth-order valence-corrected chi connectivity index (χ4v) is 4.39. The molecule has 3 heteroatoms. The molecule has 0 spiro atoms. The molecule has 0 aromatic heterocycles. The highest BCUT2D eigenvalue weighted by molar-refractivity contribution is 5.25. The lowest BCUT2D eigenvalue weighted by Crippen LogP contribution is -2.27. The van der Waals surface area contributed by atoms with Gasteiger partial charge in [-0.2, -0.15) is 4.39 Å².